The van der Waals surface area contributed by atoms with Crippen LogP contribution in [-0.2, 0) is 6.18 Å². The van der Waals surface area contributed by atoms with Gasteiger partial charge >= 0.3 is 12.3 Å². The summed E-state index contributed by atoms with van der Waals surface area (Å²) in [5.41, 5.74) is -2.82. The van der Waals surface area contributed by atoms with Gasteiger partial charge in [0, 0.05) is 30.7 Å². The smallest absolute Gasteiger partial charge is 0.418 e. The van der Waals surface area contributed by atoms with E-state index < -0.39 is 34.1 Å². The molecule has 2 rings (SSSR count). The molecule has 1 heterocycles. The first-order valence-corrected chi connectivity index (χ1v) is 7.58. The second-order valence-corrected chi connectivity index (χ2v) is 5.90. The van der Waals surface area contributed by atoms with E-state index >= 15 is 0 Å². The number of hydrogen-bond donors (Lipinski definition) is 2. The Morgan fingerprint density at radius 3 is 2.43 bits per heavy atom. The highest BCUT2D eigenvalue weighted by Gasteiger charge is 2.38. The average molecular weight is 351 g/mol. The minimum atomic E-state index is -4.79. The van der Waals surface area contributed by atoms with Crippen LogP contribution in [0.15, 0.2) is 12.1 Å². The number of benzene rings is 1. The molecule has 0 aromatic heterocycles. The van der Waals surface area contributed by atoms with Crippen molar-refractivity contribution in [3.63, 3.8) is 0 Å². The predicted molar refractivity (Wildman–Crippen MR) is 79.3 cm³/mol. The highest BCUT2D eigenvalue weighted by Crippen LogP contribution is 2.42. The molecule has 0 saturated carbocycles. The summed E-state index contributed by atoms with van der Waals surface area (Å²) in [6, 6.07) is 1.26. The zero-order valence-corrected chi connectivity index (χ0v) is 12.4. The Labute approximate surface area is 132 Å². The number of nitro benzene ring substituents is 1. The van der Waals surface area contributed by atoms with E-state index in [-0.39, 0.29) is 5.69 Å². The monoisotopic (exact) mass is 351 g/mol. The lowest BCUT2D eigenvalue weighted by atomic mass is 10.1. The lowest BCUT2D eigenvalue weighted by Crippen LogP contribution is -2.34. The molecule has 1 amide bonds. The normalized spacial score (nSPS) is 15.3. The minimum Gasteiger partial charge on any atom is -0.465 e. The molecule has 1 fully saturated rings. The Morgan fingerprint density at radius 2 is 1.96 bits per heavy atom. The van der Waals surface area contributed by atoms with Gasteiger partial charge in [0.05, 0.1) is 16.2 Å². The first-order chi connectivity index (χ1) is 10.7. The van der Waals surface area contributed by atoms with E-state index in [9.17, 15) is 28.1 Å². The van der Waals surface area contributed by atoms with Crippen LogP contribution in [0.3, 0.4) is 0 Å². The molecule has 1 aromatic rings. The van der Waals surface area contributed by atoms with Crippen LogP contribution in [-0.4, -0.2) is 40.7 Å². The van der Waals surface area contributed by atoms with Crippen LogP contribution in [0.5, 0.6) is 0 Å². The van der Waals surface area contributed by atoms with E-state index in [0.717, 1.165) is 6.07 Å². The molecule has 7 nitrogen and oxygen atoms in total. The Kier molecular flexibility index (Phi) is 4.88. The molecule has 0 aliphatic carbocycles. The quantitative estimate of drug-likeness (QED) is 0.641. The number of alkyl halides is 3. The van der Waals surface area contributed by atoms with Crippen molar-refractivity contribution in [3.8, 4) is 0 Å². The summed E-state index contributed by atoms with van der Waals surface area (Å²) < 4.78 is 39.7. The Balaban J connectivity index is 2.60. The number of nitrogens with one attached hydrogen (secondary N) is 1. The van der Waals surface area contributed by atoms with E-state index in [2.05, 4.69) is 0 Å². The number of hydrogen-bond acceptors (Lipinski definition) is 5. The van der Waals surface area contributed by atoms with Gasteiger partial charge in [-0.3, -0.25) is 15.4 Å². The number of carboxylic acid groups (broad SMARTS) is 1. The second-order valence-electron chi connectivity index (χ2n) is 4.67. The zero-order valence-electron chi connectivity index (χ0n) is 11.6. The van der Waals surface area contributed by atoms with Crippen molar-refractivity contribution in [1.29, 1.82) is 0 Å². The summed E-state index contributed by atoms with van der Waals surface area (Å²) >= 11 is 1.59. The molecule has 1 aromatic carbocycles. The van der Waals surface area contributed by atoms with Gasteiger partial charge < -0.3 is 10.0 Å². The highest BCUT2D eigenvalue weighted by atomic mass is 32.2. The lowest BCUT2D eigenvalue weighted by Gasteiger charge is -2.31. The highest BCUT2D eigenvalue weighted by molar-refractivity contribution is 7.99. The van der Waals surface area contributed by atoms with Crippen molar-refractivity contribution in [3.05, 3.63) is 27.8 Å². The summed E-state index contributed by atoms with van der Waals surface area (Å²) in [4.78, 5) is 22.1. The predicted octanol–water partition coefficient (Wildman–Crippen LogP) is 3.26. The Hall–Kier alpha value is -2.17. The van der Waals surface area contributed by atoms with Gasteiger partial charge in [-0.1, -0.05) is 0 Å². The summed E-state index contributed by atoms with van der Waals surface area (Å²) in [5.74, 6) is 1.24. The van der Waals surface area contributed by atoms with Crippen LogP contribution in [0.25, 0.3) is 0 Å². The molecular weight excluding hydrogens is 339 g/mol. The topological polar surface area (TPSA) is 95.7 Å². The van der Waals surface area contributed by atoms with Crippen LogP contribution in [0.1, 0.15) is 5.56 Å². The molecule has 1 aliphatic heterocycles. The van der Waals surface area contributed by atoms with E-state index in [1.165, 1.54) is 4.90 Å². The Morgan fingerprint density at radius 1 is 1.35 bits per heavy atom. The van der Waals surface area contributed by atoms with Gasteiger partial charge in [0.2, 0.25) is 0 Å². The third-order valence-electron chi connectivity index (χ3n) is 3.21. The molecule has 0 atom stereocenters. The second kappa shape index (κ2) is 6.52. The van der Waals surface area contributed by atoms with E-state index in [1.54, 1.807) is 17.1 Å². The maximum Gasteiger partial charge on any atom is 0.418 e. The molecule has 2 N–H and O–H groups in total. The van der Waals surface area contributed by atoms with Crippen molar-refractivity contribution < 1.29 is 28.0 Å². The fraction of sp³-hybridized carbons (Fsp3) is 0.417. The minimum absolute atomic E-state index is 0.257. The first-order valence-electron chi connectivity index (χ1n) is 6.42. The van der Waals surface area contributed by atoms with E-state index in [1.807, 2.05) is 0 Å². The molecular formula is C12H12F3N3O4S. The number of amides is 1. The third-order valence-corrected chi connectivity index (χ3v) is 4.15. The van der Waals surface area contributed by atoms with Crippen LogP contribution in [0.4, 0.5) is 35.0 Å². The Bertz CT molecular complexity index is 633. The van der Waals surface area contributed by atoms with Gasteiger partial charge in [-0.05, 0) is 6.07 Å². The van der Waals surface area contributed by atoms with Crippen molar-refractivity contribution in [1.82, 2.24) is 0 Å². The third kappa shape index (κ3) is 3.97. The molecule has 0 unspecified atom stereocenters. The van der Waals surface area contributed by atoms with Gasteiger partial charge in [-0.25, -0.2) is 4.79 Å². The van der Waals surface area contributed by atoms with Gasteiger partial charge in [0.15, 0.2) is 0 Å². The molecule has 0 spiro atoms. The standard InChI is InChI=1S/C12H12F3N3O4S/c13-12(14,15)7-5-10(18(21)22)8(16-11(19)20)6-9(7)17-1-3-23-4-2-17/h5-6,16H,1-4H2,(H,19,20). The van der Waals surface area contributed by atoms with Crippen molar-refractivity contribution in [2.24, 2.45) is 0 Å². The average Bonchev–Trinajstić information content (AvgIpc) is 2.45. The summed E-state index contributed by atoms with van der Waals surface area (Å²) in [6.45, 7) is 0.691. The molecule has 0 bridgehead atoms. The van der Waals surface area contributed by atoms with Crippen LogP contribution in [0, 0.1) is 10.1 Å². The number of halogens is 3. The first kappa shape index (κ1) is 17.2. The van der Waals surface area contributed by atoms with Crippen molar-refractivity contribution in [2.45, 2.75) is 6.18 Å². The SMILES string of the molecule is O=C(O)Nc1cc(N2CCSCC2)c(C(F)(F)F)cc1[N+](=O)[O-]. The molecule has 0 radical (unpaired) electrons. The fourth-order valence-corrected chi connectivity index (χ4v) is 3.14. The molecule has 23 heavy (non-hydrogen) atoms. The molecule has 11 heteroatoms. The fourth-order valence-electron chi connectivity index (χ4n) is 2.24. The molecule has 1 aliphatic rings. The largest absolute Gasteiger partial charge is 0.465 e. The maximum atomic E-state index is 13.2. The number of nitro groups is 1. The van der Waals surface area contributed by atoms with Crippen molar-refractivity contribution in [2.75, 3.05) is 34.8 Å². The molecule has 126 valence electrons. The van der Waals surface area contributed by atoms with E-state index in [0.29, 0.717) is 30.7 Å². The van der Waals surface area contributed by atoms with Crippen LogP contribution >= 0.6 is 11.8 Å². The maximum absolute atomic E-state index is 13.2. The number of thioether (sulfide) groups is 1. The number of rotatable bonds is 3. The van der Waals surface area contributed by atoms with Crippen molar-refractivity contribution >= 4 is 34.9 Å². The van der Waals surface area contributed by atoms with Gasteiger partial charge in [-0.2, -0.15) is 24.9 Å². The van der Waals surface area contributed by atoms with E-state index in [4.69, 9.17) is 5.11 Å². The zero-order chi connectivity index (χ0) is 17.2. The number of nitrogens with zero attached hydrogens (tertiary/aromatic N) is 2. The number of carbonyl (C=O) groups is 1. The summed E-state index contributed by atoms with van der Waals surface area (Å²) in [7, 11) is 0. The van der Waals surface area contributed by atoms with Gasteiger partial charge in [0.25, 0.3) is 5.69 Å². The number of anilines is 2. The lowest BCUT2D eigenvalue weighted by molar-refractivity contribution is -0.384. The van der Waals surface area contributed by atoms with Gasteiger partial charge in [0.1, 0.15) is 5.69 Å². The summed E-state index contributed by atoms with van der Waals surface area (Å²) in [5, 5.41) is 21.5. The van der Waals surface area contributed by atoms with Gasteiger partial charge in [-0.15, -0.1) is 0 Å². The summed E-state index contributed by atoms with van der Waals surface area (Å²) in [6.07, 6.45) is -6.38. The molecule has 1 saturated heterocycles. The van der Waals surface area contributed by atoms with Crippen LogP contribution in [0.2, 0.25) is 0 Å². The van der Waals surface area contributed by atoms with Crippen LogP contribution < -0.4 is 10.2 Å².